The summed E-state index contributed by atoms with van der Waals surface area (Å²) in [6.07, 6.45) is 2.26. The van der Waals surface area contributed by atoms with Gasteiger partial charge in [0.05, 0.1) is 12.1 Å². The topological polar surface area (TPSA) is 79.9 Å². The lowest BCUT2D eigenvalue weighted by Crippen LogP contribution is -2.43. The first-order chi connectivity index (χ1) is 16.4. The molecule has 2 aromatic carbocycles. The molecule has 7 heteroatoms. The molecule has 34 heavy (non-hydrogen) atoms. The number of rotatable bonds is 6. The van der Waals surface area contributed by atoms with Gasteiger partial charge in [-0.3, -0.25) is 14.5 Å². The lowest BCUT2D eigenvalue weighted by atomic mass is 9.96. The molecule has 0 aromatic heterocycles. The Labute approximate surface area is 200 Å². The van der Waals surface area contributed by atoms with E-state index < -0.39 is 6.10 Å². The molecule has 3 aliphatic heterocycles. The zero-order chi connectivity index (χ0) is 23.7. The molecule has 1 atom stereocenters. The number of ether oxygens (including phenoxy) is 2. The molecule has 1 fully saturated rings. The van der Waals surface area contributed by atoms with Crippen molar-refractivity contribution in [3.8, 4) is 11.5 Å². The molecule has 7 nitrogen and oxygen atoms in total. The second-order valence-corrected chi connectivity index (χ2v) is 10.3. The van der Waals surface area contributed by atoms with Crippen LogP contribution in [0.2, 0.25) is 0 Å². The van der Waals surface area contributed by atoms with E-state index in [2.05, 4.69) is 47.6 Å². The summed E-state index contributed by atoms with van der Waals surface area (Å²) in [6, 6.07) is 13.7. The Morgan fingerprint density at radius 1 is 1.15 bits per heavy atom. The number of amides is 2. The Morgan fingerprint density at radius 2 is 1.94 bits per heavy atom. The van der Waals surface area contributed by atoms with Gasteiger partial charge in [-0.2, -0.15) is 0 Å². The second kappa shape index (κ2) is 9.29. The van der Waals surface area contributed by atoms with Crippen molar-refractivity contribution in [1.82, 2.24) is 10.2 Å². The number of para-hydroxylation sites is 3. The van der Waals surface area contributed by atoms with Crippen molar-refractivity contribution in [1.29, 1.82) is 0 Å². The summed E-state index contributed by atoms with van der Waals surface area (Å²) in [5.74, 6) is 1.69. The number of piperidine rings is 1. The third-order valence-corrected chi connectivity index (χ3v) is 6.94. The Hall–Kier alpha value is -3.06. The number of hydrogen-bond acceptors (Lipinski definition) is 5. The third-order valence-electron chi connectivity index (χ3n) is 6.94. The molecule has 5 rings (SSSR count). The number of carbonyl (C=O) groups is 2. The number of likely N-dealkylation sites (tertiary alicyclic amines) is 1. The largest absolute Gasteiger partial charge is 0.487 e. The SMILES string of the molecule is CC1(C)Cc2cccc(CN3CCC(CNC(=O)CC4Oc5ccccc5NC4=O)CC3)c2O1. The molecule has 1 unspecified atom stereocenters. The summed E-state index contributed by atoms with van der Waals surface area (Å²) in [5.41, 5.74) is 3.09. The van der Waals surface area contributed by atoms with E-state index in [0.717, 1.165) is 44.6 Å². The Kier molecular flexibility index (Phi) is 6.21. The number of fused-ring (bicyclic) bond motifs is 2. The number of hydrogen-bond donors (Lipinski definition) is 2. The van der Waals surface area contributed by atoms with Crippen LogP contribution in [0.1, 0.15) is 44.2 Å². The molecular weight excluding hydrogens is 430 g/mol. The third kappa shape index (κ3) is 5.04. The second-order valence-electron chi connectivity index (χ2n) is 10.3. The Balaban J connectivity index is 1.06. The van der Waals surface area contributed by atoms with Gasteiger partial charge in [-0.1, -0.05) is 30.3 Å². The fourth-order valence-electron chi connectivity index (χ4n) is 5.12. The van der Waals surface area contributed by atoms with E-state index in [1.807, 2.05) is 12.1 Å². The average molecular weight is 464 g/mol. The lowest BCUT2D eigenvalue weighted by Gasteiger charge is -2.32. The molecule has 0 spiro atoms. The summed E-state index contributed by atoms with van der Waals surface area (Å²) >= 11 is 0. The van der Waals surface area contributed by atoms with E-state index in [-0.39, 0.29) is 23.8 Å². The minimum absolute atomic E-state index is 0.0223. The van der Waals surface area contributed by atoms with Crippen molar-refractivity contribution in [3.63, 3.8) is 0 Å². The summed E-state index contributed by atoms with van der Waals surface area (Å²) in [6.45, 7) is 7.81. The standard InChI is InChI=1S/C27H33N3O4/c1-27(2)15-19-6-5-7-20(25(19)34-27)17-30-12-10-18(11-13-30)16-28-24(31)14-23-26(32)29-21-8-3-4-9-22(21)33-23/h3-9,18,23H,10-17H2,1-2H3,(H,28,31)(H,29,32). The van der Waals surface area contributed by atoms with Crippen LogP contribution >= 0.6 is 0 Å². The lowest BCUT2D eigenvalue weighted by molar-refractivity contribution is -0.130. The molecule has 0 saturated carbocycles. The smallest absolute Gasteiger partial charge is 0.266 e. The fraction of sp³-hybridized carbons (Fsp3) is 0.481. The first-order valence-corrected chi connectivity index (χ1v) is 12.2. The molecule has 2 amide bonds. The molecule has 3 heterocycles. The maximum atomic E-state index is 12.5. The minimum Gasteiger partial charge on any atom is -0.487 e. The summed E-state index contributed by atoms with van der Waals surface area (Å²) in [5, 5.41) is 5.82. The number of nitrogens with one attached hydrogen (secondary N) is 2. The fourth-order valence-corrected chi connectivity index (χ4v) is 5.12. The zero-order valence-electron chi connectivity index (χ0n) is 19.9. The molecule has 2 aromatic rings. The van der Waals surface area contributed by atoms with Crippen LogP contribution in [0.3, 0.4) is 0 Å². The molecule has 2 N–H and O–H groups in total. The van der Waals surface area contributed by atoms with E-state index in [1.54, 1.807) is 12.1 Å². The number of anilines is 1. The van der Waals surface area contributed by atoms with Crippen LogP contribution in [0.4, 0.5) is 5.69 Å². The number of nitrogens with zero attached hydrogens (tertiary/aromatic N) is 1. The van der Waals surface area contributed by atoms with Crippen LogP contribution in [0.5, 0.6) is 11.5 Å². The zero-order valence-corrected chi connectivity index (χ0v) is 19.9. The predicted molar refractivity (Wildman–Crippen MR) is 130 cm³/mol. The van der Waals surface area contributed by atoms with Crippen LogP contribution in [0.15, 0.2) is 42.5 Å². The highest BCUT2D eigenvalue weighted by Gasteiger charge is 2.33. The highest BCUT2D eigenvalue weighted by Crippen LogP contribution is 2.38. The molecule has 180 valence electrons. The van der Waals surface area contributed by atoms with E-state index >= 15 is 0 Å². The van der Waals surface area contributed by atoms with Gasteiger partial charge in [0.15, 0.2) is 6.10 Å². The highest BCUT2D eigenvalue weighted by atomic mass is 16.5. The number of benzene rings is 2. The highest BCUT2D eigenvalue weighted by molar-refractivity contribution is 5.99. The summed E-state index contributed by atoms with van der Waals surface area (Å²) in [7, 11) is 0. The minimum atomic E-state index is -0.795. The van der Waals surface area contributed by atoms with Crippen molar-refractivity contribution in [2.45, 2.75) is 57.8 Å². The molecule has 3 aliphatic rings. The van der Waals surface area contributed by atoms with Crippen molar-refractivity contribution < 1.29 is 19.1 Å². The monoisotopic (exact) mass is 463 g/mol. The van der Waals surface area contributed by atoms with E-state index in [0.29, 0.717) is 23.9 Å². The van der Waals surface area contributed by atoms with E-state index in [1.165, 1.54) is 11.1 Å². The van der Waals surface area contributed by atoms with Gasteiger partial charge in [-0.15, -0.1) is 0 Å². The Morgan fingerprint density at radius 3 is 2.76 bits per heavy atom. The van der Waals surface area contributed by atoms with Crippen LogP contribution in [-0.2, 0) is 22.6 Å². The van der Waals surface area contributed by atoms with E-state index in [9.17, 15) is 9.59 Å². The van der Waals surface area contributed by atoms with Crippen molar-refractivity contribution in [3.05, 3.63) is 53.6 Å². The van der Waals surface area contributed by atoms with Crippen LogP contribution < -0.4 is 20.1 Å². The molecule has 1 saturated heterocycles. The van der Waals surface area contributed by atoms with Crippen molar-refractivity contribution in [2.24, 2.45) is 5.92 Å². The van der Waals surface area contributed by atoms with Crippen molar-refractivity contribution >= 4 is 17.5 Å². The van der Waals surface area contributed by atoms with Gasteiger partial charge in [0, 0.05) is 25.1 Å². The normalized spacial score (nSPS) is 21.6. The van der Waals surface area contributed by atoms with Gasteiger partial charge in [-0.05, 0) is 63.4 Å². The van der Waals surface area contributed by atoms with Gasteiger partial charge in [0.25, 0.3) is 5.91 Å². The van der Waals surface area contributed by atoms with Gasteiger partial charge in [0.2, 0.25) is 5.91 Å². The molecule has 0 aliphatic carbocycles. The number of carbonyl (C=O) groups excluding carboxylic acids is 2. The quantitative estimate of drug-likeness (QED) is 0.685. The van der Waals surface area contributed by atoms with Gasteiger partial charge in [-0.25, -0.2) is 0 Å². The van der Waals surface area contributed by atoms with Gasteiger partial charge in [0.1, 0.15) is 17.1 Å². The van der Waals surface area contributed by atoms with Gasteiger partial charge < -0.3 is 20.1 Å². The molecular formula is C27H33N3O4. The maximum Gasteiger partial charge on any atom is 0.266 e. The maximum absolute atomic E-state index is 12.5. The van der Waals surface area contributed by atoms with Crippen LogP contribution in [0, 0.1) is 5.92 Å². The average Bonchev–Trinajstić information content (AvgIpc) is 3.14. The predicted octanol–water partition coefficient (Wildman–Crippen LogP) is 3.52. The van der Waals surface area contributed by atoms with Gasteiger partial charge >= 0.3 is 0 Å². The van der Waals surface area contributed by atoms with Crippen LogP contribution in [0.25, 0.3) is 0 Å². The van der Waals surface area contributed by atoms with Crippen LogP contribution in [-0.4, -0.2) is 48.1 Å². The molecule has 0 radical (unpaired) electrons. The van der Waals surface area contributed by atoms with Crippen molar-refractivity contribution in [2.75, 3.05) is 25.0 Å². The summed E-state index contributed by atoms with van der Waals surface area (Å²) in [4.78, 5) is 27.2. The first-order valence-electron chi connectivity index (χ1n) is 12.2. The first kappa shape index (κ1) is 22.7. The summed E-state index contributed by atoms with van der Waals surface area (Å²) < 4.78 is 12.0. The molecule has 0 bridgehead atoms. The van der Waals surface area contributed by atoms with E-state index in [4.69, 9.17) is 9.47 Å². The Bertz CT molecular complexity index is 1080.